The van der Waals surface area contributed by atoms with E-state index in [0.29, 0.717) is 57.5 Å². The Kier molecular flexibility index (Phi) is 18.7. The van der Waals surface area contributed by atoms with E-state index in [1.165, 1.54) is 25.3 Å². The Morgan fingerprint density at radius 2 is 1.43 bits per heavy atom. The molecule has 0 bridgehead atoms. The van der Waals surface area contributed by atoms with Gasteiger partial charge in [-0.05, 0) is 77.6 Å². The summed E-state index contributed by atoms with van der Waals surface area (Å²) in [5.74, 6) is -3.38. The van der Waals surface area contributed by atoms with Gasteiger partial charge in [0.2, 0.25) is 35.2 Å². The lowest BCUT2D eigenvalue weighted by atomic mass is 10.0. The van der Waals surface area contributed by atoms with Crippen molar-refractivity contribution < 1.29 is 61.3 Å². The van der Waals surface area contributed by atoms with Crippen molar-refractivity contribution in [1.82, 2.24) is 29.4 Å². The number of aryl methyl sites for hydroxylation is 4. The Morgan fingerprint density at radius 1 is 0.816 bits per heavy atom. The summed E-state index contributed by atoms with van der Waals surface area (Å²) in [6, 6.07) is 5.99. The van der Waals surface area contributed by atoms with Crippen LogP contribution in [0.5, 0.6) is 11.5 Å². The number of nitrogens with one attached hydrogen (secondary N) is 2. The van der Waals surface area contributed by atoms with Gasteiger partial charge < -0.3 is 53.7 Å². The number of carbonyl (C=O) groups excluding carboxylic acids is 7. The number of fused-ring (bicyclic) bond motifs is 2. The highest BCUT2D eigenvalue weighted by atomic mass is 32.1. The Balaban J connectivity index is 1.25. The first-order chi connectivity index (χ1) is 36.0. The van der Waals surface area contributed by atoms with Gasteiger partial charge in [-0.3, -0.25) is 38.9 Å². The molecule has 0 aliphatic heterocycles. The molecule has 4 heterocycles. The number of primary amides is 2. The topological polar surface area (TPSA) is 320 Å². The van der Waals surface area contributed by atoms with E-state index in [1.807, 2.05) is 13.8 Å². The molecule has 6 N–H and O–H groups in total. The summed E-state index contributed by atoms with van der Waals surface area (Å²) >= 11 is 1.13. The highest BCUT2D eigenvalue weighted by Gasteiger charge is 2.26. The van der Waals surface area contributed by atoms with Crippen LogP contribution in [0.1, 0.15) is 139 Å². The van der Waals surface area contributed by atoms with Crippen LogP contribution in [0.25, 0.3) is 21.3 Å². The molecule has 5 amide bonds. The number of benzene rings is 2. The van der Waals surface area contributed by atoms with E-state index in [2.05, 4.69) is 25.6 Å². The number of imidazole rings is 1. The Hall–Kier alpha value is -8.15. The SMILES string of the molecule is CCc1nc(C)oc1C(=O)N=c1sc2cc(C(N)=O)cc(OC)c2n1C/C=C/Cn1c(NC(=O)c2oc(C)nc2CC)nc2cc(C(N)=O)cc(OCCCC(=O)O[C@@H](C)CNC(=O)[C@@H](C)CCC(=O)OC(C)(C)C)c21. The average Bonchev–Trinajstić information content (AvgIpc) is 4.13. The van der Waals surface area contributed by atoms with Gasteiger partial charge in [0.25, 0.3) is 5.91 Å². The molecule has 6 aromatic rings. The summed E-state index contributed by atoms with van der Waals surface area (Å²) in [5, 5.41) is 5.59. The van der Waals surface area contributed by atoms with Crippen molar-refractivity contribution in [3.05, 3.63) is 87.0 Å². The molecule has 0 aliphatic carbocycles. The van der Waals surface area contributed by atoms with Crippen LogP contribution < -0.4 is 36.4 Å². The first-order valence-electron chi connectivity index (χ1n) is 24.7. The number of nitrogens with zero attached hydrogens (tertiary/aromatic N) is 6. The van der Waals surface area contributed by atoms with Crippen LogP contribution in [0.3, 0.4) is 0 Å². The normalized spacial score (nSPS) is 12.7. The van der Waals surface area contributed by atoms with Crippen molar-refractivity contribution in [3.8, 4) is 11.5 Å². The number of amides is 5. The summed E-state index contributed by atoms with van der Waals surface area (Å²) < 4.78 is 38.1. The molecule has 0 spiro atoms. The molecule has 0 aliphatic rings. The van der Waals surface area contributed by atoms with Crippen LogP contribution in [0.2, 0.25) is 0 Å². The zero-order chi connectivity index (χ0) is 55.6. The standard InChI is InChI=1S/C52H64N10O13S/c1-11-33-43(73-29(5)56-33)48(68)59-50-58-35-22-31(45(53)65)24-37(71-21-15-16-39(63)72-28(4)26-55-47(67)27(3)17-18-40(64)75-52(7,8)9)41(35)61(50)19-13-14-20-62-42-36(70-10)23-32(46(54)66)25-38(42)76-51(62)60-49(69)44-34(12-2)57-30(6)74-44/h13-14,22-25,27-28H,11-12,15-21,26H2,1-10H3,(H2,53,65)(H2,54,66)(H,55,67)(H,58,59,68)/b14-13+,60-51?/t27-,28-/m0/s1. The van der Waals surface area contributed by atoms with Crippen molar-refractivity contribution in [2.75, 3.05) is 25.6 Å². The van der Waals surface area contributed by atoms with E-state index in [0.717, 1.165) is 11.3 Å². The summed E-state index contributed by atoms with van der Waals surface area (Å²) in [6.07, 6.45) is 4.20. The molecule has 0 radical (unpaired) electrons. The summed E-state index contributed by atoms with van der Waals surface area (Å²) in [4.78, 5) is 108. The summed E-state index contributed by atoms with van der Waals surface area (Å²) in [7, 11) is 1.44. The van der Waals surface area contributed by atoms with Crippen LogP contribution in [0.4, 0.5) is 5.95 Å². The predicted molar refractivity (Wildman–Crippen MR) is 279 cm³/mol. The minimum Gasteiger partial charge on any atom is -0.494 e. The number of methoxy groups -OCH3 is 1. The monoisotopic (exact) mass is 1070 g/mol. The molecule has 4 aromatic heterocycles. The first kappa shape index (κ1) is 57.1. The lowest BCUT2D eigenvalue weighted by molar-refractivity contribution is -0.155. The van der Waals surface area contributed by atoms with E-state index >= 15 is 0 Å². The third kappa shape index (κ3) is 14.4. The average molecular weight is 1070 g/mol. The number of anilines is 1. The number of nitrogens with two attached hydrogens (primary N) is 2. The van der Waals surface area contributed by atoms with E-state index in [9.17, 15) is 33.6 Å². The fraction of sp³-hybridized carbons (Fsp3) is 0.442. The van der Waals surface area contributed by atoms with Gasteiger partial charge in [-0.25, -0.2) is 15.0 Å². The third-order valence-corrected chi connectivity index (χ3v) is 12.5. The van der Waals surface area contributed by atoms with Gasteiger partial charge in [-0.1, -0.05) is 44.3 Å². The van der Waals surface area contributed by atoms with Crippen LogP contribution in [0.15, 0.2) is 50.2 Å². The Morgan fingerprint density at radius 3 is 2.07 bits per heavy atom. The minimum atomic E-state index is -0.777. The van der Waals surface area contributed by atoms with Crippen molar-refractivity contribution in [1.29, 1.82) is 0 Å². The van der Waals surface area contributed by atoms with Gasteiger partial charge >= 0.3 is 17.8 Å². The fourth-order valence-electron chi connectivity index (χ4n) is 7.90. The smallest absolute Gasteiger partial charge is 0.317 e. The van der Waals surface area contributed by atoms with Gasteiger partial charge in [0.15, 0.2) is 16.6 Å². The lowest BCUT2D eigenvalue weighted by Crippen LogP contribution is -2.36. The number of allylic oxidation sites excluding steroid dienone is 2. The maximum absolute atomic E-state index is 13.9. The van der Waals surface area contributed by atoms with Gasteiger partial charge in [0, 0.05) is 56.8 Å². The minimum absolute atomic E-state index is 0.00297. The van der Waals surface area contributed by atoms with Gasteiger partial charge in [-0.15, -0.1) is 0 Å². The molecular weight excluding hydrogens is 1000 g/mol. The van der Waals surface area contributed by atoms with E-state index < -0.39 is 53.2 Å². The molecule has 406 valence electrons. The number of rotatable bonds is 24. The maximum atomic E-state index is 13.9. The van der Waals surface area contributed by atoms with Gasteiger partial charge in [-0.2, -0.15) is 4.99 Å². The molecule has 0 fully saturated rings. The van der Waals surface area contributed by atoms with Crippen LogP contribution in [0, 0.1) is 19.8 Å². The van der Waals surface area contributed by atoms with Crippen molar-refractivity contribution >= 4 is 80.0 Å². The molecule has 0 unspecified atom stereocenters. The van der Waals surface area contributed by atoms with Crippen LogP contribution >= 0.6 is 11.3 Å². The second-order valence-electron chi connectivity index (χ2n) is 18.7. The van der Waals surface area contributed by atoms with Gasteiger partial charge in [0.1, 0.15) is 34.2 Å². The predicted octanol–water partition coefficient (Wildman–Crippen LogP) is 6.19. The summed E-state index contributed by atoms with van der Waals surface area (Å²) in [5.41, 5.74) is 13.0. The molecule has 24 heteroatoms. The zero-order valence-electron chi connectivity index (χ0n) is 44.2. The number of hydrogen-bond acceptors (Lipinski definition) is 17. The zero-order valence-corrected chi connectivity index (χ0v) is 45.1. The molecule has 23 nitrogen and oxygen atoms in total. The highest BCUT2D eigenvalue weighted by molar-refractivity contribution is 7.16. The maximum Gasteiger partial charge on any atom is 0.317 e. The molecule has 0 saturated carbocycles. The quantitative estimate of drug-likeness (QED) is 0.0298. The number of aromatic nitrogens is 5. The second-order valence-corrected chi connectivity index (χ2v) is 19.7. The number of hydrogen-bond donors (Lipinski definition) is 4. The molecular formula is C52H64N10O13S. The molecule has 2 aromatic carbocycles. The van der Waals surface area contributed by atoms with Crippen LogP contribution in [-0.2, 0) is 49.8 Å². The molecule has 0 saturated heterocycles. The van der Waals surface area contributed by atoms with Crippen LogP contribution in [-0.4, -0.2) is 97.5 Å². The van der Waals surface area contributed by atoms with E-state index in [4.69, 9.17) is 44.2 Å². The molecule has 6 rings (SSSR count). The second kappa shape index (κ2) is 24.9. The van der Waals surface area contributed by atoms with E-state index in [1.54, 1.807) is 75.8 Å². The number of carbonyl (C=O) groups is 7. The Bertz CT molecular complexity index is 3280. The van der Waals surface area contributed by atoms with Crippen molar-refractivity contribution in [3.63, 3.8) is 0 Å². The Labute approximate surface area is 441 Å². The molecule has 2 atom stereocenters. The molecule has 76 heavy (non-hydrogen) atoms. The van der Waals surface area contributed by atoms with Crippen molar-refractivity contribution in [2.24, 2.45) is 22.4 Å². The fourth-order valence-corrected chi connectivity index (χ4v) is 9.00. The first-order valence-corrected chi connectivity index (χ1v) is 25.5. The number of ether oxygens (including phenoxy) is 4. The number of oxazole rings is 2. The largest absolute Gasteiger partial charge is 0.494 e. The summed E-state index contributed by atoms with van der Waals surface area (Å²) in [6.45, 7) is 15.7. The number of thiazole rings is 1. The van der Waals surface area contributed by atoms with Crippen molar-refractivity contribution in [2.45, 2.75) is 126 Å². The number of esters is 2. The lowest BCUT2D eigenvalue weighted by Gasteiger charge is -2.20. The highest BCUT2D eigenvalue weighted by Crippen LogP contribution is 2.33. The third-order valence-electron chi connectivity index (χ3n) is 11.5. The van der Waals surface area contributed by atoms with E-state index in [-0.39, 0.29) is 102 Å². The van der Waals surface area contributed by atoms with Gasteiger partial charge in [0.05, 0.1) is 41.9 Å².